The molecule has 0 spiro atoms. The van der Waals surface area contributed by atoms with Crippen LogP contribution in [-0.4, -0.2) is 23.2 Å². The molecule has 0 saturated carbocycles. The first kappa shape index (κ1) is 12.0. The van der Waals surface area contributed by atoms with Gasteiger partial charge >= 0.3 is 5.97 Å². The number of carbonyl (C=O) groups is 1. The third-order valence-electron chi connectivity index (χ3n) is 2.45. The van der Waals surface area contributed by atoms with Gasteiger partial charge in [0, 0.05) is 16.1 Å². The van der Waals surface area contributed by atoms with Gasteiger partial charge in [-0.1, -0.05) is 22.0 Å². The Hall–Kier alpha value is -1.46. The van der Waals surface area contributed by atoms with Gasteiger partial charge in [-0.25, -0.2) is 4.79 Å². The fourth-order valence-electron chi connectivity index (χ4n) is 1.55. The third-order valence-corrected chi connectivity index (χ3v) is 3.14. The van der Waals surface area contributed by atoms with E-state index in [4.69, 9.17) is 0 Å². The van der Waals surface area contributed by atoms with E-state index in [1.165, 1.54) is 7.11 Å². The lowest BCUT2D eigenvalue weighted by Crippen LogP contribution is -2.13. The number of aliphatic hydroxyl groups is 1. The van der Waals surface area contributed by atoms with Crippen LogP contribution in [0.5, 0.6) is 0 Å². The van der Waals surface area contributed by atoms with Gasteiger partial charge in [0.15, 0.2) is 6.10 Å². The van der Waals surface area contributed by atoms with Gasteiger partial charge in [-0.15, -0.1) is 0 Å². The fraction of sp³-hybridized carbons (Fsp3) is 0.167. The Labute approximate surface area is 106 Å². The van der Waals surface area contributed by atoms with Crippen LogP contribution in [0.1, 0.15) is 11.7 Å². The average Bonchev–Trinajstić information content (AvgIpc) is 2.37. The predicted octanol–water partition coefficient (Wildman–Crippen LogP) is 2.20. The second kappa shape index (κ2) is 4.81. The van der Waals surface area contributed by atoms with Crippen LogP contribution in [0.2, 0.25) is 0 Å². The van der Waals surface area contributed by atoms with Gasteiger partial charge in [-0.2, -0.15) is 0 Å². The average molecular weight is 296 g/mol. The Balaban J connectivity index is 2.51. The SMILES string of the molecule is COC(=O)C(O)c1ccc2nccc(Br)c2c1. The summed E-state index contributed by atoms with van der Waals surface area (Å²) in [5.41, 5.74) is 1.28. The summed E-state index contributed by atoms with van der Waals surface area (Å²) in [6, 6.07) is 6.93. The lowest BCUT2D eigenvalue weighted by molar-refractivity contribution is -0.150. The second-order valence-electron chi connectivity index (χ2n) is 3.50. The van der Waals surface area contributed by atoms with Gasteiger partial charge in [0.1, 0.15) is 0 Å². The highest BCUT2D eigenvalue weighted by Gasteiger charge is 2.18. The van der Waals surface area contributed by atoms with E-state index in [1.54, 1.807) is 30.5 Å². The molecule has 0 aliphatic rings. The maximum absolute atomic E-state index is 11.2. The summed E-state index contributed by atoms with van der Waals surface area (Å²) in [4.78, 5) is 15.4. The topological polar surface area (TPSA) is 59.4 Å². The van der Waals surface area contributed by atoms with Crippen molar-refractivity contribution in [2.24, 2.45) is 0 Å². The number of ether oxygens (including phenoxy) is 1. The second-order valence-corrected chi connectivity index (χ2v) is 4.35. The van der Waals surface area contributed by atoms with E-state index < -0.39 is 12.1 Å². The van der Waals surface area contributed by atoms with Gasteiger partial charge < -0.3 is 9.84 Å². The van der Waals surface area contributed by atoms with E-state index in [9.17, 15) is 9.90 Å². The van der Waals surface area contributed by atoms with Crippen LogP contribution in [0.4, 0.5) is 0 Å². The smallest absolute Gasteiger partial charge is 0.339 e. The monoisotopic (exact) mass is 295 g/mol. The number of halogens is 1. The normalized spacial score (nSPS) is 12.4. The summed E-state index contributed by atoms with van der Waals surface area (Å²) in [5.74, 6) is -0.677. The van der Waals surface area contributed by atoms with Crippen LogP contribution in [-0.2, 0) is 9.53 Å². The highest BCUT2D eigenvalue weighted by molar-refractivity contribution is 9.10. The van der Waals surface area contributed by atoms with Crippen molar-refractivity contribution in [3.05, 3.63) is 40.5 Å². The number of carbonyl (C=O) groups excluding carboxylic acids is 1. The van der Waals surface area contributed by atoms with Crippen molar-refractivity contribution < 1.29 is 14.6 Å². The minimum absolute atomic E-state index is 0.484. The summed E-state index contributed by atoms with van der Waals surface area (Å²) >= 11 is 3.40. The molecule has 0 fully saturated rings. The number of pyridine rings is 1. The van der Waals surface area contributed by atoms with Crippen molar-refractivity contribution in [2.75, 3.05) is 7.11 Å². The third kappa shape index (κ3) is 2.30. The van der Waals surface area contributed by atoms with Gasteiger partial charge in [-0.3, -0.25) is 4.98 Å². The number of hydrogen-bond acceptors (Lipinski definition) is 4. The van der Waals surface area contributed by atoms with Gasteiger partial charge in [0.25, 0.3) is 0 Å². The van der Waals surface area contributed by atoms with E-state index >= 15 is 0 Å². The molecule has 0 saturated heterocycles. The van der Waals surface area contributed by atoms with E-state index in [2.05, 4.69) is 25.7 Å². The molecule has 1 atom stereocenters. The molecule has 4 nitrogen and oxygen atoms in total. The van der Waals surface area contributed by atoms with Crippen LogP contribution >= 0.6 is 15.9 Å². The fourth-order valence-corrected chi connectivity index (χ4v) is 1.98. The van der Waals surface area contributed by atoms with Crippen molar-refractivity contribution >= 4 is 32.8 Å². The van der Waals surface area contributed by atoms with E-state index in [1.807, 2.05) is 0 Å². The highest BCUT2D eigenvalue weighted by Crippen LogP contribution is 2.25. The molecule has 0 aliphatic carbocycles. The molecule has 1 aromatic carbocycles. The predicted molar refractivity (Wildman–Crippen MR) is 66.4 cm³/mol. The lowest BCUT2D eigenvalue weighted by Gasteiger charge is -2.09. The Morgan fingerprint density at radius 1 is 1.47 bits per heavy atom. The van der Waals surface area contributed by atoms with Gasteiger partial charge in [0.05, 0.1) is 12.6 Å². The summed E-state index contributed by atoms with van der Waals surface area (Å²) in [5, 5.41) is 10.6. The highest BCUT2D eigenvalue weighted by atomic mass is 79.9. The van der Waals surface area contributed by atoms with E-state index in [0.29, 0.717) is 5.56 Å². The molecule has 0 bridgehead atoms. The Bertz CT molecular complexity index is 571. The van der Waals surface area contributed by atoms with Crippen LogP contribution in [0.25, 0.3) is 10.9 Å². The zero-order chi connectivity index (χ0) is 12.4. The molecule has 17 heavy (non-hydrogen) atoms. The maximum Gasteiger partial charge on any atom is 0.339 e. The number of nitrogens with zero attached hydrogens (tertiary/aromatic N) is 1. The zero-order valence-corrected chi connectivity index (χ0v) is 10.6. The van der Waals surface area contributed by atoms with Crippen molar-refractivity contribution in [3.8, 4) is 0 Å². The standard InChI is InChI=1S/C12H10BrNO3/c1-17-12(16)11(15)7-2-3-10-8(6-7)9(13)4-5-14-10/h2-6,11,15H,1H3. The molecule has 88 valence electrons. The van der Waals surface area contributed by atoms with Gasteiger partial charge in [-0.05, 0) is 23.8 Å². The minimum Gasteiger partial charge on any atom is -0.467 e. The Morgan fingerprint density at radius 2 is 2.24 bits per heavy atom. The van der Waals surface area contributed by atoms with Crippen LogP contribution in [0.3, 0.4) is 0 Å². The molecule has 0 amide bonds. The molecule has 1 N–H and O–H groups in total. The van der Waals surface area contributed by atoms with Crippen molar-refractivity contribution in [3.63, 3.8) is 0 Å². The number of fused-ring (bicyclic) bond motifs is 1. The molecule has 2 rings (SSSR count). The largest absolute Gasteiger partial charge is 0.467 e. The van der Waals surface area contributed by atoms with Crippen molar-refractivity contribution in [1.82, 2.24) is 4.98 Å². The lowest BCUT2D eigenvalue weighted by atomic mass is 10.1. The summed E-state index contributed by atoms with van der Waals surface area (Å²) in [7, 11) is 1.24. The van der Waals surface area contributed by atoms with Crippen molar-refractivity contribution in [2.45, 2.75) is 6.10 Å². The molecular formula is C12H10BrNO3. The molecular weight excluding hydrogens is 286 g/mol. The maximum atomic E-state index is 11.2. The van der Waals surface area contributed by atoms with Crippen LogP contribution in [0, 0.1) is 0 Å². The number of aliphatic hydroxyl groups excluding tert-OH is 1. The molecule has 0 radical (unpaired) electrons. The minimum atomic E-state index is -1.27. The zero-order valence-electron chi connectivity index (χ0n) is 9.05. The molecule has 1 heterocycles. The molecule has 0 aliphatic heterocycles. The molecule has 1 aromatic heterocycles. The molecule has 1 unspecified atom stereocenters. The first-order valence-corrected chi connectivity index (χ1v) is 5.73. The number of rotatable bonds is 2. The Kier molecular flexibility index (Phi) is 3.40. The van der Waals surface area contributed by atoms with Crippen LogP contribution < -0.4 is 0 Å². The number of aromatic nitrogens is 1. The number of esters is 1. The summed E-state index contributed by atoms with van der Waals surface area (Å²) < 4.78 is 5.35. The summed E-state index contributed by atoms with van der Waals surface area (Å²) in [6.07, 6.45) is 0.416. The summed E-state index contributed by atoms with van der Waals surface area (Å²) in [6.45, 7) is 0. The molecule has 5 heteroatoms. The first-order chi connectivity index (χ1) is 8.13. The van der Waals surface area contributed by atoms with Crippen molar-refractivity contribution in [1.29, 1.82) is 0 Å². The number of methoxy groups -OCH3 is 1. The molecule has 2 aromatic rings. The Morgan fingerprint density at radius 3 is 2.94 bits per heavy atom. The number of hydrogen-bond donors (Lipinski definition) is 1. The first-order valence-electron chi connectivity index (χ1n) is 4.93. The van der Waals surface area contributed by atoms with E-state index in [0.717, 1.165) is 15.4 Å². The van der Waals surface area contributed by atoms with Gasteiger partial charge in [0.2, 0.25) is 0 Å². The number of benzene rings is 1. The quantitative estimate of drug-likeness (QED) is 0.863. The van der Waals surface area contributed by atoms with Crippen LogP contribution in [0.15, 0.2) is 34.9 Å². The van der Waals surface area contributed by atoms with E-state index in [-0.39, 0.29) is 0 Å².